The van der Waals surface area contributed by atoms with Gasteiger partial charge in [0, 0.05) is 18.7 Å². The maximum Gasteiger partial charge on any atom is 0.0650 e. The van der Waals surface area contributed by atoms with Crippen molar-refractivity contribution < 1.29 is 5.11 Å². The fourth-order valence-electron chi connectivity index (χ4n) is 2.44. The Hall–Kier alpha value is -0.830. The Kier molecular flexibility index (Phi) is 3.30. The van der Waals surface area contributed by atoms with Gasteiger partial charge in [-0.2, -0.15) is 5.10 Å². The normalized spacial score (nSPS) is 25.6. The molecule has 17 heavy (non-hydrogen) atoms. The van der Waals surface area contributed by atoms with Gasteiger partial charge in [-0.05, 0) is 37.2 Å². The standard InChI is InChI=1S/C14H24N2O/c1-5-10(2)16-7-6-11(15-16)8-13(17)12-9-14(12,3)4/h6-7,10,12-13,17H,5,8-9H2,1-4H3. The Bertz CT molecular complexity index is 383. The minimum atomic E-state index is -0.231. The molecule has 96 valence electrons. The number of aliphatic hydroxyl groups is 1. The van der Waals surface area contributed by atoms with Crippen LogP contribution < -0.4 is 0 Å². The van der Waals surface area contributed by atoms with Crippen molar-refractivity contribution in [1.82, 2.24) is 9.78 Å². The summed E-state index contributed by atoms with van der Waals surface area (Å²) in [5.74, 6) is 0.455. The van der Waals surface area contributed by atoms with Gasteiger partial charge in [-0.25, -0.2) is 0 Å². The van der Waals surface area contributed by atoms with Crippen LogP contribution in [-0.2, 0) is 6.42 Å². The third-order valence-electron chi connectivity index (χ3n) is 4.18. The molecule has 0 aliphatic heterocycles. The summed E-state index contributed by atoms with van der Waals surface area (Å²) in [4.78, 5) is 0. The molecule has 3 nitrogen and oxygen atoms in total. The van der Waals surface area contributed by atoms with Crippen molar-refractivity contribution in [2.24, 2.45) is 11.3 Å². The molecule has 2 rings (SSSR count). The Labute approximate surface area is 104 Å². The summed E-state index contributed by atoms with van der Waals surface area (Å²) in [6.07, 6.45) is 4.70. The molecule has 3 atom stereocenters. The van der Waals surface area contributed by atoms with Crippen molar-refractivity contribution in [3.05, 3.63) is 18.0 Å². The van der Waals surface area contributed by atoms with Gasteiger partial charge in [0.2, 0.25) is 0 Å². The lowest BCUT2D eigenvalue weighted by Crippen LogP contribution is -2.17. The number of aromatic nitrogens is 2. The van der Waals surface area contributed by atoms with Crippen LogP contribution in [0.3, 0.4) is 0 Å². The number of rotatable bonds is 5. The molecule has 3 unspecified atom stereocenters. The van der Waals surface area contributed by atoms with E-state index in [4.69, 9.17) is 0 Å². The van der Waals surface area contributed by atoms with Crippen LogP contribution in [0.1, 0.15) is 52.3 Å². The Morgan fingerprint density at radius 2 is 2.24 bits per heavy atom. The Balaban J connectivity index is 1.93. The van der Waals surface area contributed by atoms with Gasteiger partial charge in [0.15, 0.2) is 0 Å². The lowest BCUT2D eigenvalue weighted by atomic mass is 10.0. The van der Waals surface area contributed by atoms with Crippen LogP contribution in [0.25, 0.3) is 0 Å². The zero-order chi connectivity index (χ0) is 12.6. The lowest BCUT2D eigenvalue weighted by Gasteiger charge is -2.11. The van der Waals surface area contributed by atoms with Gasteiger partial charge in [0.1, 0.15) is 0 Å². The molecule has 0 radical (unpaired) electrons. The van der Waals surface area contributed by atoms with E-state index in [0.29, 0.717) is 23.8 Å². The summed E-state index contributed by atoms with van der Waals surface area (Å²) in [5.41, 5.74) is 1.35. The van der Waals surface area contributed by atoms with E-state index in [1.807, 2.05) is 16.9 Å². The van der Waals surface area contributed by atoms with Gasteiger partial charge in [0.05, 0.1) is 11.8 Å². The highest BCUT2D eigenvalue weighted by atomic mass is 16.3. The quantitative estimate of drug-likeness (QED) is 0.853. The maximum absolute atomic E-state index is 10.1. The van der Waals surface area contributed by atoms with E-state index in [1.54, 1.807) is 0 Å². The van der Waals surface area contributed by atoms with Crippen LogP contribution in [0, 0.1) is 11.3 Å². The predicted octanol–water partition coefficient (Wildman–Crippen LogP) is 2.80. The first-order valence-electron chi connectivity index (χ1n) is 6.66. The van der Waals surface area contributed by atoms with Gasteiger partial charge in [-0.15, -0.1) is 0 Å². The smallest absolute Gasteiger partial charge is 0.0650 e. The minimum Gasteiger partial charge on any atom is -0.392 e. The van der Waals surface area contributed by atoms with E-state index in [1.165, 1.54) is 0 Å². The second-order valence-electron chi connectivity index (χ2n) is 6.12. The number of hydrogen-bond acceptors (Lipinski definition) is 2. The molecule has 0 bridgehead atoms. The van der Waals surface area contributed by atoms with Crippen molar-refractivity contribution in [3.8, 4) is 0 Å². The van der Waals surface area contributed by atoms with Crippen molar-refractivity contribution in [2.75, 3.05) is 0 Å². The minimum absolute atomic E-state index is 0.231. The monoisotopic (exact) mass is 236 g/mol. The summed E-state index contributed by atoms with van der Waals surface area (Å²) in [6.45, 7) is 8.77. The number of aliphatic hydroxyl groups excluding tert-OH is 1. The first-order valence-corrected chi connectivity index (χ1v) is 6.66. The molecule has 1 fully saturated rings. The molecule has 1 aliphatic rings. The Morgan fingerprint density at radius 1 is 1.59 bits per heavy atom. The molecule has 0 aromatic carbocycles. The van der Waals surface area contributed by atoms with Gasteiger partial charge in [0.25, 0.3) is 0 Å². The topological polar surface area (TPSA) is 38.0 Å². The molecule has 1 N–H and O–H groups in total. The molecular weight excluding hydrogens is 212 g/mol. The molecule has 0 saturated heterocycles. The Morgan fingerprint density at radius 3 is 2.76 bits per heavy atom. The summed E-state index contributed by atoms with van der Waals surface area (Å²) in [6, 6.07) is 2.48. The average molecular weight is 236 g/mol. The van der Waals surface area contributed by atoms with E-state index in [0.717, 1.165) is 18.5 Å². The molecule has 1 aliphatic carbocycles. The second kappa shape index (κ2) is 4.45. The van der Waals surface area contributed by atoms with E-state index in [-0.39, 0.29) is 6.10 Å². The molecular formula is C14H24N2O. The van der Waals surface area contributed by atoms with Gasteiger partial charge >= 0.3 is 0 Å². The first-order chi connectivity index (χ1) is 7.94. The van der Waals surface area contributed by atoms with Crippen LogP contribution in [0.15, 0.2) is 12.3 Å². The van der Waals surface area contributed by atoms with Gasteiger partial charge in [-0.1, -0.05) is 20.8 Å². The largest absolute Gasteiger partial charge is 0.392 e. The summed E-state index contributed by atoms with van der Waals surface area (Å²) >= 11 is 0. The molecule has 0 spiro atoms. The van der Waals surface area contributed by atoms with Crippen LogP contribution in [0.2, 0.25) is 0 Å². The summed E-state index contributed by atoms with van der Waals surface area (Å²) in [7, 11) is 0. The highest BCUT2D eigenvalue weighted by Crippen LogP contribution is 2.53. The molecule has 3 heteroatoms. The number of nitrogens with zero attached hydrogens (tertiary/aromatic N) is 2. The molecule has 0 amide bonds. The second-order valence-corrected chi connectivity index (χ2v) is 6.12. The van der Waals surface area contributed by atoms with Crippen LogP contribution in [0.4, 0.5) is 0 Å². The predicted molar refractivity (Wildman–Crippen MR) is 68.8 cm³/mol. The molecule has 1 aromatic heterocycles. The van der Waals surface area contributed by atoms with E-state index in [2.05, 4.69) is 32.8 Å². The average Bonchev–Trinajstić information content (AvgIpc) is 2.72. The fourth-order valence-corrected chi connectivity index (χ4v) is 2.44. The van der Waals surface area contributed by atoms with E-state index >= 15 is 0 Å². The molecule has 1 aromatic rings. The van der Waals surface area contributed by atoms with E-state index < -0.39 is 0 Å². The van der Waals surface area contributed by atoms with Crippen LogP contribution >= 0.6 is 0 Å². The van der Waals surface area contributed by atoms with Crippen molar-refractivity contribution in [1.29, 1.82) is 0 Å². The van der Waals surface area contributed by atoms with Crippen molar-refractivity contribution >= 4 is 0 Å². The third-order valence-corrected chi connectivity index (χ3v) is 4.18. The zero-order valence-electron chi connectivity index (χ0n) is 11.3. The lowest BCUT2D eigenvalue weighted by molar-refractivity contribution is 0.135. The SMILES string of the molecule is CCC(C)n1ccc(CC(O)C2CC2(C)C)n1. The zero-order valence-corrected chi connectivity index (χ0v) is 11.3. The third kappa shape index (κ3) is 2.71. The first kappa shape index (κ1) is 12.6. The summed E-state index contributed by atoms with van der Waals surface area (Å²) in [5, 5.41) is 14.7. The van der Waals surface area contributed by atoms with Crippen LogP contribution in [-0.4, -0.2) is 21.0 Å². The molecule has 1 heterocycles. The van der Waals surface area contributed by atoms with Crippen molar-refractivity contribution in [3.63, 3.8) is 0 Å². The number of hydrogen-bond donors (Lipinski definition) is 1. The van der Waals surface area contributed by atoms with Crippen molar-refractivity contribution in [2.45, 2.75) is 59.1 Å². The van der Waals surface area contributed by atoms with E-state index in [9.17, 15) is 5.11 Å². The highest BCUT2D eigenvalue weighted by molar-refractivity contribution is 5.06. The van der Waals surface area contributed by atoms with Gasteiger partial charge < -0.3 is 5.11 Å². The molecule has 1 saturated carbocycles. The summed E-state index contributed by atoms with van der Waals surface area (Å²) < 4.78 is 2.00. The maximum atomic E-state index is 10.1. The fraction of sp³-hybridized carbons (Fsp3) is 0.786. The van der Waals surface area contributed by atoms with Crippen LogP contribution in [0.5, 0.6) is 0 Å². The highest BCUT2D eigenvalue weighted by Gasteiger charge is 2.49. The van der Waals surface area contributed by atoms with Gasteiger partial charge in [-0.3, -0.25) is 4.68 Å².